The zero-order chi connectivity index (χ0) is 16.4. The molecule has 0 bridgehead atoms. The largest absolute Gasteiger partial charge is 0.360 e. The van der Waals surface area contributed by atoms with Crippen molar-refractivity contribution >= 4 is 28.3 Å². The second-order valence-corrected chi connectivity index (χ2v) is 5.65. The van der Waals surface area contributed by atoms with E-state index in [0.29, 0.717) is 22.2 Å². The molecule has 2 heterocycles. The Bertz CT molecular complexity index is 895. The number of rotatable bonds is 4. The van der Waals surface area contributed by atoms with E-state index in [1.54, 1.807) is 18.2 Å². The van der Waals surface area contributed by atoms with E-state index in [-0.39, 0.29) is 6.04 Å². The summed E-state index contributed by atoms with van der Waals surface area (Å²) in [4.78, 5) is 8.91. The quantitative estimate of drug-likeness (QED) is 0.762. The average molecular weight is 327 g/mol. The number of benzene rings is 1. The molecule has 0 spiro atoms. The molecule has 2 N–H and O–H groups in total. The molecule has 23 heavy (non-hydrogen) atoms. The van der Waals surface area contributed by atoms with Crippen LogP contribution in [0, 0.1) is 18.3 Å². The van der Waals surface area contributed by atoms with Crippen molar-refractivity contribution in [1.82, 2.24) is 20.2 Å². The number of nitriles is 1. The number of aromatic nitrogens is 4. The summed E-state index contributed by atoms with van der Waals surface area (Å²) in [6.07, 6.45) is 0.791. The number of hydrogen-bond acceptors (Lipinski definition) is 5. The van der Waals surface area contributed by atoms with Gasteiger partial charge in [-0.25, -0.2) is 9.97 Å². The van der Waals surface area contributed by atoms with Gasteiger partial charge in [0.25, 0.3) is 0 Å². The van der Waals surface area contributed by atoms with Gasteiger partial charge in [0.15, 0.2) is 5.82 Å². The average Bonchev–Trinajstić information content (AvgIpc) is 2.98. The Labute approximate surface area is 138 Å². The third-order valence-corrected chi connectivity index (χ3v) is 3.78. The summed E-state index contributed by atoms with van der Waals surface area (Å²) in [5.74, 6) is 2.06. The molecule has 7 heteroatoms. The van der Waals surface area contributed by atoms with E-state index < -0.39 is 0 Å². The van der Waals surface area contributed by atoms with Crippen molar-refractivity contribution in [1.29, 1.82) is 5.26 Å². The first-order valence-corrected chi connectivity index (χ1v) is 7.64. The summed E-state index contributed by atoms with van der Waals surface area (Å²) in [7, 11) is 0. The van der Waals surface area contributed by atoms with E-state index >= 15 is 0 Å². The predicted molar refractivity (Wildman–Crippen MR) is 89.2 cm³/mol. The van der Waals surface area contributed by atoms with Crippen LogP contribution >= 0.6 is 11.6 Å². The fraction of sp³-hybridized carbons (Fsp3) is 0.250. The molecule has 3 aromatic rings. The van der Waals surface area contributed by atoms with Crippen LogP contribution in [0.3, 0.4) is 0 Å². The monoisotopic (exact) mass is 326 g/mol. The molecule has 1 unspecified atom stereocenters. The Kier molecular flexibility index (Phi) is 4.13. The summed E-state index contributed by atoms with van der Waals surface area (Å²) >= 11 is 6.00. The number of H-pyrrole nitrogens is 1. The van der Waals surface area contributed by atoms with Gasteiger partial charge < -0.3 is 5.32 Å². The minimum absolute atomic E-state index is 0.0799. The van der Waals surface area contributed by atoms with E-state index in [4.69, 9.17) is 11.6 Å². The van der Waals surface area contributed by atoms with Crippen LogP contribution in [0.25, 0.3) is 10.9 Å². The lowest BCUT2D eigenvalue weighted by Gasteiger charge is -2.15. The number of anilines is 1. The first-order chi connectivity index (χ1) is 11.1. The SMILES string of the molecule is CCC(Nc1cc(C#N)c2cc(Cl)ccc2n1)c1n[nH]c(C)n1. The van der Waals surface area contributed by atoms with Crippen molar-refractivity contribution in [3.8, 4) is 6.07 Å². The smallest absolute Gasteiger partial charge is 0.172 e. The maximum Gasteiger partial charge on any atom is 0.172 e. The standard InChI is InChI=1S/C16H15ClN6/c1-3-13(16-19-9(2)22-23-16)20-15-6-10(8-18)12-7-11(17)4-5-14(12)21-15/h4-7,13H,3H2,1-2H3,(H,20,21)(H,19,22,23). The van der Waals surface area contributed by atoms with E-state index in [2.05, 4.69) is 31.6 Å². The van der Waals surface area contributed by atoms with E-state index in [1.165, 1.54) is 0 Å². The van der Waals surface area contributed by atoms with Gasteiger partial charge in [-0.3, -0.25) is 5.10 Å². The molecule has 2 aromatic heterocycles. The lowest BCUT2D eigenvalue weighted by Crippen LogP contribution is -2.12. The maximum atomic E-state index is 9.38. The summed E-state index contributed by atoms with van der Waals surface area (Å²) in [6.45, 7) is 3.89. The molecule has 3 rings (SSSR count). The minimum Gasteiger partial charge on any atom is -0.360 e. The second kappa shape index (κ2) is 6.23. The highest BCUT2D eigenvalue weighted by atomic mass is 35.5. The maximum absolute atomic E-state index is 9.38. The summed E-state index contributed by atoms with van der Waals surface area (Å²) in [6, 6.07) is 9.16. The molecule has 0 aliphatic rings. The van der Waals surface area contributed by atoms with Crippen molar-refractivity contribution < 1.29 is 0 Å². The lowest BCUT2D eigenvalue weighted by molar-refractivity contribution is 0.693. The highest BCUT2D eigenvalue weighted by Crippen LogP contribution is 2.26. The lowest BCUT2D eigenvalue weighted by atomic mass is 10.1. The summed E-state index contributed by atoms with van der Waals surface area (Å²) in [5.41, 5.74) is 1.25. The molecule has 0 aliphatic carbocycles. The molecular weight excluding hydrogens is 312 g/mol. The van der Waals surface area contributed by atoms with Crippen molar-refractivity contribution in [2.24, 2.45) is 0 Å². The number of aromatic amines is 1. The van der Waals surface area contributed by atoms with Gasteiger partial charge >= 0.3 is 0 Å². The number of fused-ring (bicyclic) bond motifs is 1. The van der Waals surface area contributed by atoms with Gasteiger partial charge in [-0.1, -0.05) is 18.5 Å². The highest BCUT2D eigenvalue weighted by Gasteiger charge is 2.16. The van der Waals surface area contributed by atoms with Gasteiger partial charge in [0.1, 0.15) is 11.6 Å². The predicted octanol–water partition coefficient (Wildman–Crippen LogP) is 3.75. The number of aryl methyl sites for hydroxylation is 1. The fourth-order valence-electron chi connectivity index (χ4n) is 2.41. The van der Waals surface area contributed by atoms with Crippen molar-refractivity contribution in [2.45, 2.75) is 26.3 Å². The molecule has 0 amide bonds. The normalized spacial score (nSPS) is 12.1. The van der Waals surface area contributed by atoms with Gasteiger partial charge in [0.05, 0.1) is 23.2 Å². The van der Waals surface area contributed by atoms with E-state index in [0.717, 1.165) is 23.1 Å². The molecule has 116 valence electrons. The van der Waals surface area contributed by atoms with Crippen LogP contribution in [-0.4, -0.2) is 20.2 Å². The van der Waals surface area contributed by atoms with Crippen molar-refractivity contribution in [3.05, 3.63) is 46.5 Å². The molecule has 0 fully saturated rings. The van der Waals surface area contributed by atoms with Crippen LogP contribution in [-0.2, 0) is 0 Å². The van der Waals surface area contributed by atoms with Gasteiger partial charge in [-0.15, -0.1) is 0 Å². The number of nitrogens with one attached hydrogen (secondary N) is 2. The third kappa shape index (κ3) is 3.10. The van der Waals surface area contributed by atoms with Crippen LogP contribution in [0.5, 0.6) is 0 Å². The van der Waals surface area contributed by atoms with Crippen molar-refractivity contribution in [3.63, 3.8) is 0 Å². The van der Waals surface area contributed by atoms with Gasteiger partial charge in [0.2, 0.25) is 0 Å². The first-order valence-electron chi connectivity index (χ1n) is 7.26. The first kappa shape index (κ1) is 15.3. The highest BCUT2D eigenvalue weighted by molar-refractivity contribution is 6.31. The molecule has 1 atom stereocenters. The Morgan fingerprint density at radius 2 is 2.17 bits per heavy atom. The van der Waals surface area contributed by atoms with Crippen LogP contribution in [0.4, 0.5) is 5.82 Å². The Morgan fingerprint density at radius 1 is 1.35 bits per heavy atom. The van der Waals surface area contributed by atoms with Crippen LogP contribution in [0.1, 0.15) is 36.6 Å². The summed E-state index contributed by atoms with van der Waals surface area (Å²) < 4.78 is 0. The number of halogens is 1. The Balaban J connectivity index is 1.99. The van der Waals surface area contributed by atoms with Gasteiger partial charge in [-0.05, 0) is 37.6 Å². The third-order valence-electron chi connectivity index (χ3n) is 3.55. The van der Waals surface area contributed by atoms with Crippen LogP contribution in [0.2, 0.25) is 5.02 Å². The number of pyridine rings is 1. The fourth-order valence-corrected chi connectivity index (χ4v) is 2.58. The van der Waals surface area contributed by atoms with Crippen LogP contribution < -0.4 is 5.32 Å². The molecular formula is C16H15ClN6. The zero-order valence-electron chi connectivity index (χ0n) is 12.8. The van der Waals surface area contributed by atoms with Crippen LogP contribution in [0.15, 0.2) is 24.3 Å². The van der Waals surface area contributed by atoms with E-state index in [1.807, 2.05) is 19.9 Å². The topological polar surface area (TPSA) is 90.3 Å². The molecule has 0 radical (unpaired) electrons. The molecule has 0 saturated carbocycles. The molecule has 0 aliphatic heterocycles. The Morgan fingerprint density at radius 3 is 2.83 bits per heavy atom. The second-order valence-electron chi connectivity index (χ2n) is 5.21. The summed E-state index contributed by atoms with van der Waals surface area (Å²) in [5, 5.41) is 21.0. The number of hydrogen-bond donors (Lipinski definition) is 2. The number of nitrogens with zero attached hydrogens (tertiary/aromatic N) is 4. The molecule has 1 aromatic carbocycles. The Hall–Kier alpha value is -2.65. The molecule has 0 saturated heterocycles. The van der Waals surface area contributed by atoms with E-state index in [9.17, 15) is 5.26 Å². The van der Waals surface area contributed by atoms with Gasteiger partial charge in [0, 0.05) is 10.4 Å². The zero-order valence-corrected chi connectivity index (χ0v) is 13.5. The molecule has 6 nitrogen and oxygen atoms in total. The van der Waals surface area contributed by atoms with Gasteiger partial charge in [-0.2, -0.15) is 10.4 Å². The minimum atomic E-state index is -0.0799. The van der Waals surface area contributed by atoms with Crippen molar-refractivity contribution in [2.75, 3.05) is 5.32 Å².